The molecule has 8 heteroatoms. The summed E-state index contributed by atoms with van der Waals surface area (Å²) >= 11 is 2.69. The van der Waals surface area contributed by atoms with Crippen molar-refractivity contribution in [2.24, 2.45) is 0 Å². The highest BCUT2D eigenvalue weighted by molar-refractivity contribution is 7.14. The van der Waals surface area contributed by atoms with Crippen LogP contribution in [0.5, 0.6) is 5.75 Å². The smallest absolute Gasteiger partial charge is 0.294 e. The van der Waals surface area contributed by atoms with Crippen LogP contribution >= 0.6 is 22.7 Å². The maximum Gasteiger partial charge on any atom is 0.294 e. The summed E-state index contributed by atoms with van der Waals surface area (Å²) in [6, 6.07) is 10.1. The second-order valence-electron chi connectivity index (χ2n) is 6.76. The van der Waals surface area contributed by atoms with Crippen molar-refractivity contribution in [1.29, 1.82) is 0 Å². The van der Waals surface area contributed by atoms with E-state index in [-0.39, 0.29) is 11.4 Å². The van der Waals surface area contributed by atoms with Crippen LogP contribution < -0.4 is 9.64 Å². The molecule has 4 rings (SSSR count). The molecule has 30 heavy (non-hydrogen) atoms. The molecular formula is C22H20N2O4S2. The number of aliphatic hydroxyl groups excluding tert-OH is 1. The Balaban J connectivity index is 1.84. The minimum absolute atomic E-state index is 0.0796. The normalized spacial score (nSPS) is 16.4. The molecule has 0 saturated carbocycles. The zero-order chi connectivity index (χ0) is 21.4. The lowest BCUT2D eigenvalue weighted by molar-refractivity contribution is -0.117. The predicted molar refractivity (Wildman–Crippen MR) is 118 cm³/mol. The summed E-state index contributed by atoms with van der Waals surface area (Å²) in [7, 11) is 0. The molecule has 1 N–H and O–H groups in total. The predicted octanol–water partition coefficient (Wildman–Crippen LogP) is 5.00. The van der Waals surface area contributed by atoms with Crippen molar-refractivity contribution in [2.45, 2.75) is 26.8 Å². The summed E-state index contributed by atoms with van der Waals surface area (Å²) in [6.07, 6.45) is 0. The van der Waals surface area contributed by atoms with Crippen LogP contribution in [0.1, 0.15) is 38.2 Å². The van der Waals surface area contributed by atoms with Gasteiger partial charge in [0.05, 0.1) is 27.8 Å². The number of anilines is 1. The topological polar surface area (TPSA) is 79.7 Å². The number of thiophene rings is 1. The van der Waals surface area contributed by atoms with E-state index in [1.165, 1.54) is 27.6 Å². The van der Waals surface area contributed by atoms with Gasteiger partial charge in [-0.3, -0.25) is 14.5 Å². The lowest BCUT2D eigenvalue weighted by Crippen LogP contribution is -2.30. The fourth-order valence-electron chi connectivity index (χ4n) is 3.57. The van der Waals surface area contributed by atoms with E-state index in [2.05, 4.69) is 4.98 Å². The number of ketones is 1. The van der Waals surface area contributed by atoms with Gasteiger partial charge in [0, 0.05) is 16.6 Å². The number of aliphatic hydroxyl groups is 1. The van der Waals surface area contributed by atoms with Gasteiger partial charge in [0.2, 0.25) is 5.78 Å². The average Bonchev–Trinajstić information content (AvgIpc) is 3.41. The van der Waals surface area contributed by atoms with E-state index in [0.29, 0.717) is 28.6 Å². The molecule has 3 aromatic rings. The highest BCUT2D eigenvalue weighted by atomic mass is 32.1. The van der Waals surface area contributed by atoms with Gasteiger partial charge in [0.25, 0.3) is 5.91 Å². The Hall–Kier alpha value is -2.97. The number of aromatic nitrogens is 1. The van der Waals surface area contributed by atoms with Gasteiger partial charge in [0.1, 0.15) is 11.8 Å². The van der Waals surface area contributed by atoms with Crippen LogP contribution in [0, 0.1) is 13.8 Å². The van der Waals surface area contributed by atoms with E-state index in [4.69, 9.17) is 4.74 Å². The molecule has 3 heterocycles. The fraction of sp³-hybridized carbons (Fsp3) is 0.227. The number of rotatable bonds is 6. The molecule has 0 saturated heterocycles. The molecule has 0 aliphatic carbocycles. The van der Waals surface area contributed by atoms with Gasteiger partial charge in [0.15, 0.2) is 5.76 Å². The zero-order valence-electron chi connectivity index (χ0n) is 16.7. The molecule has 0 spiro atoms. The third-order valence-electron chi connectivity index (χ3n) is 4.78. The number of ether oxygens (including phenoxy) is 1. The number of hydrogen-bond acceptors (Lipinski definition) is 7. The van der Waals surface area contributed by atoms with E-state index in [9.17, 15) is 14.7 Å². The Labute approximate surface area is 182 Å². The molecule has 1 amide bonds. The molecule has 1 aliphatic rings. The van der Waals surface area contributed by atoms with Gasteiger partial charge in [-0.1, -0.05) is 12.1 Å². The quantitative estimate of drug-likeness (QED) is 0.546. The summed E-state index contributed by atoms with van der Waals surface area (Å²) < 4.78 is 5.57. The molecule has 2 aromatic heterocycles. The Morgan fingerprint density at radius 3 is 2.70 bits per heavy atom. The largest absolute Gasteiger partial charge is 0.503 e. The number of carbonyl (C=O) groups excluding carboxylic acids is 2. The number of Topliss-reactive ketones (excluding diaryl/α,β-unsaturated/α-hetero) is 1. The first-order chi connectivity index (χ1) is 14.4. The highest BCUT2D eigenvalue weighted by Crippen LogP contribution is 2.44. The van der Waals surface area contributed by atoms with Gasteiger partial charge >= 0.3 is 0 Å². The molecule has 154 valence electrons. The van der Waals surface area contributed by atoms with E-state index in [0.717, 1.165) is 9.88 Å². The fourth-order valence-corrected chi connectivity index (χ4v) is 5.27. The molecule has 1 unspecified atom stereocenters. The Kier molecular flexibility index (Phi) is 5.44. The van der Waals surface area contributed by atoms with E-state index >= 15 is 0 Å². The number of amides is 1. The summed E-state index contributed by atoms with van der Waals surface area (Å²) in [5.41, 5.74) is 1.23. The van der Waals surface area contributed by atoms with Gasteiger partial charge in [-0.25, -0.2) is 4.98 Å². The van der Waals surface area contributed by atoms with Crippen molar-refractivity contribution in [2.75, 3.05) is 11.5 Å². The van der Waals surface area contributed by atoms with Crippen LogP contribution in [0.25, 0.3) is 0 Å². The third kappa shape index (κ3) is 3.42. The second-order valence-corrected chi connectivity index (χ2v) is 8.94. The molecule has 0 bridgehead atoms. The number of nitrogens with zero attached hydrogens (tertiary/aromatic N) is 2. The Morgan fingerprint density at radius 1 is 1.27 bits per heavy atom. The number of benzene rings is 1. The van der Waals surface area contributed by atoms with Crippen LogP contribution in [0.4, 0.5) is 5.69 Å². The number of hydrogen-bond donors (Lipinski definition) is 1. The maximum absolute atomic E-state index is 13.4. The molecular weight excluding hydrogens is 420 g/mol. The second kappa shape index (κ2) is 8.04. The number of carbonyl (C=O) groups is 2. The van der Waals surface area contributed by atoms with E-state index in [1.807, 2.05) is 31.4 Å². The minimum atomic E-state index is -0.719. The number of thiazole rings is 1. The molecule has 6 nitrogen and oxygen atoms in total. The Bertz CT molecular complexity index is 1150. The van der Waals surface area contributed by atoms with Crippen molar-refractivity contribution in [3.05, 3.63) is 73.6 Å². The van der Waals surface area contributed by atoms with Crippen LogP contribution in [-0.4, -0.2) is 28.4 Å². The van der Waals surface area contributed by atoms with Gasteiger partial charge in [-0.05, 0) is 44.4 Å². The minimum Gasteiger partial charge on any atom is -0.503 e. The molecule has 0 radical (unpaired) electrons. The first-order valence-corrected chi connectivity index (χ1v) is 11.1. The van der Waals surface area contributed by atoms with Crippen molar-refractivity contribution >= 4 is 40.1 Å². The van der Waals surface area contributed by atoms with Crippen LogP contribution in [0.15, 0.2) is 53.1 Å². The van der Waals surface area contributed by atoms with Gasteiger partial charge < -0.3 is 9.84 Å². The standard InChI is InChI=1S/C22H20N2O4S2/c1-4-28-15-8-5-7-14(11-15)24-18(16-9-6-10-29-16)17(20(26)22(24)27)19(25)21-12(2)23-13(3)30-21/h5-11,18,26H,4H2,1-3H3. The summed E-state index contributed by atoms with van der Waals surface area (Å²) in [5.74, 6) is -0.887. The van der Waals surface area contributed by atoms with Gasteiger partial charge in [-0.2, -0.15) is 0 Å². The van der Waals surface area contributed by atoms with Gasteiger partial charge in [-0.15, -0.1) is 22.7 Å². The summed E-state index contributed by atoms with van der Waals surface area (Å²) in [5, 5.41) is 13.4. The van der Waals surface area contributed by atoms with Crippen molar-refractivity contribution in [3.63, 3.8) is 0 Å². The first-order valence-electron chi connectivity index (χ1n) is 9.44. The van der Waals surface area contributed by atoms with Crippen molar-refractivity contribution in [1.82, 2.24) is 4.98 Å². The SMILES string of the molecule is CCOc1cccc(N2C(=O)C(O)=C(C(=O)c3sc(C)nc3C)C2c2cccs2)c1. The van der Waals surface area contributed by atoms with Crippen LogP contribution in [0.3, 0.4) is 0 Å². The average molecular weight is 441 g/mol. The maximum atomic E-state index is 13.4. The Morgan fingerprint density at radius 2 is 2.07 bits per heavy atom. The lowest BCUT2D eigenvalue weighted by atomic mass is 10.00. The highest BCUT2D eigenvalue weighted by Gasteiger charge is 2.45. The number of aryl methyl sites for hydroxylation is 2. The van der Waals surface area contributed by atoms with Crippen molar-refractivity contribution in [3.8, 4) is 5.75 Å². The zero-order valence-corrected chi connectivity index (χ0v) is 18.3. The molecule has 1 aromatic carbocycles. The monoisotopic (exact) mass is 440 g/mol. The molecule has 0 fully saturated rings. The third-order valence-corrected chi connectivity index (χ3v) is 6.78. The van der Waals surface area contributed by atoms with E-state index < -0.39 is 17.7 Å². The summed E-state index contributed by atoms with van der Waals surface area (Å²) in [6.45, 7) is 5.95. The van der Waals surface area contributed by atoms with E-state index in [1.54, 1.807) is 31.2 Å². The van der Waals surface area contributed by atoms with Crippen molar-refractivity contribution < 1.29 is 19.4 Å². The van der Waals surface area contributed by atoms with Crippen LogP contribution in [0.2, 0.25) is 0 Å². The first kappa shape index (κ1) is 20.3. The lowest BCUT2D eigenvalue weighted by Gasteiger charge is -2.26. The molecule has 1 atom stereocenters. The summed E-state index contributed by atoms with van der Waals surface area (Å²) in [4.78, 5) is 33.6. The van der Waals surface area contributed by atoms with Crippen LogP contribution in [-0.2, 0) is 4.79 Å². The molecule has 1 aliphatic heterocycles.